The normalized spacial score (nSPS) is 12.1. The van der Waals surface area contributed by atoms with Crippen LogP contribution in [0.5, 0.6) is 0 Å². The van der Waals surface area contributed by atoms with E-state index in [9.17, 15) is 0 Å². The summed E-state index contributed by atoms with van der Waals surface area (Å²) < 4.78 is 11.9. The molecule has 0 atom stereocenters. The average molecular weight is 803 g/mol. The van der Waals surface area contributed by atoms with Gasteiger partial charge in [-0.3, -0.25) is 4.57 Å². The molecule has 4 aromatic heterocycles. The zero-order chi connectivity index (χ0) is 41.2. The molecule has 0 saturated heterocycles. The molecule has 4 heterocycles. The molecular weight excluding hydrogens is 769 g/mol. The van der Waals surface area contributed by atoms with Gasteiger partial charge in [0.25, 0.3) is 0 Å². The molecule has 14 rings (SSSR count). The second-order valence-corrected chi connectivity index (χ2v) is 16.5. The number of fused-ring (bicyclic) bond motifs is 16. The molecule has 10 aromatic carbocycles. The Morgan fingerprint density at radius 1 is 0.365 bits per heavy atom. The lowest BCUT2D eigenvalue weighted by molar-refractivity contribution is 0.671. The molecule has 0 fully saturated rings. The van der Waals surface area contributed by atoms with E-state index in [0.717, 1.165) is 99.4 Å². The van der Waals surface area contributed by atoms with Crippen molar-refractivity contribution in [3.05, 3.63) is 206 Å². The SMILES string of the molecule is c1ccc(-c2nc3ccccc3nc2-n2c3ccc(-c4ccc5c(c4)c4ccccc4n5-c4ccccc4)cc3c3c4ccccc4c4c(oc5ccc6ccccc6c54)c32)cc1. The average Bonchev–Trinajstić information content (AvgIpc) is 4.02. The molecule has 0 saturated carbocycles. The van der Waals surface area contributed by atoms with Gasteiger partial charge in [-0.05, 0) is 93.3 Å². The molecule has 0 radical (unpaired) electrons. The van der Waals surface area contributed by atoms with Crippen LogP contribution in [0.4, 0.5) is 0 Å². The maximum Gasteiger partial charge on any atom is 0.165 e. The molecule has 0 aliphatic heterocycles. The van der Waals surface area contributed by atoms with Gasteiger partial charge >= 0.3 is 0 Å². The Labute approximate surface area is 360 Å². The fourth-order valence-electron chi connectivity index (χ4n) is 10.3. The molecule has 0 spiro atoms. The number of furan rings is 1. The highest BCUT2D eigenvalue weighted by Crippen LogP contribution is 2.48. The van der Waals surface area contributed by atoms with Crippen molar-refractivity contribution in [1.29, 1.82) is 0 Å². The fraction of sp³-hybridized carbons (Fsp3) is 0. The summed E-state index contributed by atoms with van der Waals surface area (Å²) >= 11 is 0. The highest BCUT2D eigenvalue weighted by molar-refractivity contribution is 6.37. The monoisotopic (exact) mass is 802 g/mol. The van der Waals surface area contributed by atoms with Gasteiger partial charge in [-0.15, -0.1) is 0 Å². The number of rotatable bonds is 4. The van der Waals surface area contributed by atoms with Crippen LogP contribution in [-0.4, -0.2) is 19.1 Å². The van der Waals surface area contributed by atoms with Crippen molar-refractivity contribution in [2.24, 2.45) is 0 Å². The van der Waals surface area contributed by atoms with E-state index < -0.39 is 0 Å². The van der Waals surface area contributed by atoms with Crippen LogP contribution in [0.15, 0.2) is 211 Å². The summed E-state index contributed by atoms with van der Waals surface area (Å²) in [5.74, 6) is 0.754. The van der Waals surface area contributed by atoms with E-state index in [1.165, 1.54) is 32.6 Å². The van der Waals surface area contributed by atoms with Crippen LogP contribution < -0.4 is 0 Å². The minimum atomic E-state index is 0.754. The van der Waals surface area contributed by atoms with Crippen molar-refractivity contribution in [2.75, 3.05) is 0 Å². The first-order chi connectivity index (χ1) is 31.3. The highest BCUT2D eigenvalue weighted by atomic mass is 16.3. The van der Waals surface area contributed by atoms with Gasteiger partial charge in [0.05, 0.1) is 33.1 Å². The maximum absolute atomic E-state index is 7.18. The standard InChI is InChI=1S/C58H34N4O/c1-3-16-36(17-4-1)55-58(60-47-25-13-12-24-46(47)59-55)62-50-31-28-38(37-27-30-49-44(33-37)41-21-11-14-26-48(41)61(49)39-18-5-2-6-19-39)34-45(50)52-42-22-9-10-23-43(42)54-53-40-20-8-7-15-35(40)29-32-51(53)63-57(54)56(52)62/h1-34H. The molecule has 0 unspecified atom stereocenters. The molecule has 5 heteroatoms. The van der Waals surface area contributed by atoms with Crippen LogP contribution in [0.25, 0.3) is 132 Å². The van der Waals surface area contributed by atoms with Crippen LogP contribution in [0, 0.1) is 0 Å². The van der Waals surface area contributed by atoms with Gasteiger partial charge in [-0.2, -0.15) is 0 Å². The molecule has 0 amide bonds. The highest BCUT2D eigenvalue weighted by Gasteiger charge is 2.27. The smallest absolute Gasteiger partial charge is 0.165 e. The van der Waals surface area contributed by atoms with Gasteiger partial charge in [0, 0.05) is 43.6 Å². The van der Waals surface area contributed by atoms with Crippen molar-refractivity contribution in [1.82, 2.24) is 19.1 Å². The third kappa shape index (κ3) is 4.87. The van der Waals surface area contributed by atoms with E-state index in [1.807, 2.05) is 24.3 Å². The Kier molecular flexibility index (Phi) is 7.05. The van der Waals surface area contributed by atoms with E-state index >= 15 is 0 Å². The zero-order valence-electron chi connectivity index (χ0n) is 33.8. The minimum Gasteiger partial charge on any atom is -0.454 e. The molecule has 63 heavy (non-hydrogen) atoms. The second kappa shape index (κ2) is 13.0. The molecule has 5 nitrogen and oxygen atoms in total. The number of hydrogen-bond acceptors (Lipinski definition) is 3. The maximum atomic E-state index is 7.18. The van der Waals surface area contributed by atoms with Crippen molar-refractivity contribution in [2.45, 2.75) is 0 Å². The summed E-state index contributed by atoms with van der Waals surface area (Å²) in [5, 5.41) is 11.6. The molecule has 0 aliphatic rings. The van der Waals surface area contributed by atoms with Crippen molar-refractivity contribution in [3.8, 4) is 33.9 Å². The Bertz CT molecular complexity index is 4200. The van der Waals surface area contributed by atoms with Crippen LogP contribution >= 0.6 is 0 Å². The van der Waals surface area contributed by atoms with Crippen molar-refractivity contribution < 1.29 is 4.42 Å². The molecule has 0 N–H and O–H groups in total. The quantitative estimate of drug-likeness (QED) is 0.178. The van der Waals surface area contributed by atoms with Gasteiger partial charge in [0.15, 0.2) is 11.4 Å². The summed E-state index contributed by atoms with van der Waals surface area (Å²) in [4.78, 5) is 10.9. The number of para-hydroxylation sites is 4. The first-order valence-corrected chi connectivity index (χ1v) is 21.4. The minimum absolute atomic E-state index is 0.754. The van der Waals surface area contributed by atoms with E-state index in [-0.39, 0.29) is 0 Å². The topological polar surface area (TPSA) is 48.8 Å². The molecular formula is C58H34N4O. The predicted octanol–water partition coefficient (Wildman–Crippen LogP) is 15.4. The lowest BCUT2D eigenvalue weighted by Gasteiger charge is -2.14. The van der Waals surface area contributed by atoms with E-state index in [2.05, 4.69) is 191 Å². The molecule has 0 aliphatic carbocycles. The third-order valence-corrected chi connectivity index (χ3v) is 13.1. The first-order valence-electron chi connectivity index (χ1n) is 21.4. The van der Waals surface area contributed by atoms with Gasteiger partial charge in [0.2, 0.25) is 0 Å². The summed E-state index contributed by atoms with van der Waals surface area (Å²) in [5.41, 5.74) is 13.0. The number of hydrogen-bond donors (Lipinski definition) is 0. The van der Waals surface area contributed by atoms with Gasteiger partial charge in [-0.25, -0.2) is 9.97 Å². The number of aromatic nitrogens is 4. The van der Waals surface area contributed by atoms with Crippen LogP contribution in [0.3, 0.4) is 0 Å². The Hall–Kier alpha value is -8.54. The summed E-state index contributed by atoms with van der Waals surface area (Å²) in [7, 11) is 0. The second-order valence-electron chi connectivity index (χ2n) is 16.5. The fourth-order valence-corrected chi connectivity index (χ4v) is 10.3. The largest absolute Gasteiger partial charge is 0.454 e. The van der Waals surface area contributed by atoms with E-state index in [0.29, 0.717) is 0 Å². The lowest BCUT2D eigenvalue weighted by atomic mass is 9.95. The summed E-state index contributed by atoms with van der Waals surface area (Å²) in [6, 6.07) is 73.5. The van der Waals surface area contributed by atoms with Gasteiger partial charge < -0.3 is 8.98 Å². The van der Waals surface area contributed by atoms with Crippen molar-refractivity contribution >= 4 is 98.1 Å². The number of benzene rings is 10. The predicted molar refractivity (Wildman–Crippen MR) is 261 cm³/mol. The van der Waals surface area contributed by atoms with Crippen LogP contribution in [-0.2, 0) is 0 Å². The van der Waals surface area contributed by atoms with Gasteiger partial charge in [0.1, 0.15) is 11.3 Å². The van der Waals surface area contributed by atoms with E-state index in [1.54, 1.807) is 0 Å². The third-order valence-electron chi connectivity index (χ3n) is 13.1. The zero-order valence-corrected chi connectivity index (χ0v) is 33.8. The van der Waals surface area contributed by atoms with Crippen LogP contribution in [0.1, 0.15) is 0 Å². The Morgan fingerprint density at radius 2 is 0.952 bits per heavy atom. The van der Waals surface area contributed by atoms with Crippen molar-refractivity contribution in [3.63, 3.8) is 0 Å². The molecule has 292 valence electrons. The van der Waals surface area contributed by atoms with Gasteiger partial charge in [-0.1, -0.05) is 146 Å². The Balaban J connectivity index is 1.13. The molecule has 14 aromatic rings. The number of nitrogens with zero attached hydrogens (tertiary/aromatic N) is 4. The lowest BCUT2D eigenvalue weighted by Crippen LogP contribution is -2.04. The summed E-state index contributed by atoms with van der Waals surface area (Å²) in [6.45, 7) is 0. The van der Waals surface area contributed by atoms with Crippen LogP contribution in [0.2, 0.25) is 0 Å². The molecule has 0 bridgehead atoms. The Morgan fingerprint density at radius 3 is 1.73 bits per heavy atom. The van der Waals surface area contributed by atoms with E-state index in [4.69, 9.17) is 14.4 Å². The summed E-state index contributed by atoms with van der Waals surface area (Å²) in [6.07, 6.45) is 0. The first kappa shape index (κ1) is 34.2.